The lowest BCUT2D eigenvalue weighted by molar-refractivity contribution is -0.0401. The molecule has 0 atom stereocenters. The van der Waals surface area contributed by atoms with Gasteiger partial charge in [-0.3, -0.25) is 0 Å². The van der Waals surface area contributed by atoms with Crippen LogP contribution in [0.1, 0.15) is 32.6 Å². The molecule has 0 N–H and O–H groups in total. The van der Waals surface area contributed by atoms with Crippen molar-refractivity contribution in [2.75, 3.05) is 20.5 Å². The number of hydrogen-bond acceptors (Lipinski definition) is 4. The van der Waals surface area contributed by atoms with Gasteiger partial charge in [0.05, 0.1) is 13.7 Å². The Morgan fingerprint density at radius 2 is 2.00 bits per heavy atom. The second kappa shape index (κ2) is 9.32. The number of ether oxygens (including phenoxy) is 3. The summed E-state index contributed by atoms with van der Waals surface area (Å²) in [5.41, 5.74) is 0. The van der Waals surface area contributed by atoms with E-state index in [1.54, 1.807) is 0 Å². The average Bonchev–Trinajstić information content (AvgIpc) is 2.16. The summed E-state index contributed by atoms with van der Waals surface area (Å²) in [6, 6.07) is 0. The highest BCUT2D eigenvalue weighted by Gasteiger charge is 1.98. The van der Waals surface area contributed by atoms with E-state index in [9.17, 15) is 4.79 Å². The molecule has 0 aliphatic carbocycles. The van der Waals surface area contributed by atoms with E-state index in [0.29, 0.717) is 6.61 Å². The molecule has 0 saturated heterocycles. The van der Waals surface area contributed by atoms with Crippen molar-refractivity contribution in [3.8, 4) is 0 Å². The van der Waals surface area contributed by atoms with Gasteiger partial charge >= 0.3 is 6.16 Å². The summed E-state index contributed by atoms with van der Waals surface area (Å²) >= 11 is 0. The summed E-state index contributed by atoms with van der Waals surface area (Å²) in [5.74, 6) is 0. The van der Waals surface area contributed by atoms with Crippen LogP contribution in [0.15, 0.2) is 0 Å². The van der Waals surface area contributed by atoms with Crippen LogP contribution in [0.4, 0.5) is 4.79 Å². The fraction of sp³-hybridized carbons (Fsp3) is 0.889. The molecule has 0 aliphatic heterocycles. The molecule has 0 aromatic carbocycles. The summed E-state index contributed by atoms with van der Waals surface area (Å²) in [7, 11) is 1.27. The second-order valence-corrected chi connectivity index (χ2v) is 2.69. The SMILES string of the molecule is CCCCCCOCOC(=O)OC. The standard InChI is InChI=1S/C9H18O4/c1-3-4-5-6-7-12-8-13-9(10)11-2/h3-8H2,1-2H3. The first-order chi connectivity index (χ1) is 6.31. The molecule has 78 valence electrons. The molecule has 0 amide bonds. The number of unbranched alkanes of at least 4 members (excludes halogenated alkanes) is 3. The number of hydrogen-bond donors (Lipinski definition) is 0. The van der Waals surface area contributed by atoms with E-state index in [4.69, 9.17) is 4.74 Å². The molecule has 0 aromatic rings. The number of rotatable bonds is 7. The monoisotopic (exact) mass is 190 g/mol. The summed E-state index contributed by atoms with van der Waals surface area (Å²) in [4.78, 5) is 10.4. The Kier molecular flexibility index (Phi) is 8.77. The van der Waals surface area contributed by atoms with Crippen molar-refractivity contribution < 1.29 is 19.0 Å². The Labute approximate surface area is 79.2 Å². The normalized spacial score (nSPS) is 9.69. The average molecular weight is 190 g/mol. The van der Waals surface area contributed by atoms with Gasteiger partial charge in [-0.05, 0) is 6.42 Å². The van der Waals surface area contributed by atoms with Crippen molar-refractivity contribution in [1.29, 1.82) is 0 Å². The molecule has 13 heavy (non-hydrogen) atoms. The van der Waals surface area contributed by atoms with Crippen molar-refractivity contribution in [2.45, 2.75) is 32.6 Å². The van der Waals surface area contributed by atoms with Crippen molar-refractivity contribution in [3.05, 3.63) is 0 Å². The van der Waals surface area contributed by atoms with Crippen LogP contribution in [-0.4, -0.2) is 26.7 Å². The number of methoxy groups -OCH3 is 1. The van der Waals surface area contributed by atoms with E-state index >= 15 is 0 Å². The van der Waals surface area contributed by atoms with E-state index in [-0.39, 0.29) is 6.79 Å². The van der Waals surface area contributed by atoms with Crippen molar-refractivity contribution in [1.82, 2.24) is 0 Å². The predicted molar refractivity (Wildman–Crippen MR) is 48.5 cm³/mol. The lowest BCUT2D eigenvalue weighted by atomic mass is 10.2. The molecule has 0 bridgehead atoms. The van der Waals surface area contributed by atoms with Crippen LogP contribution in [0.25, 0.3) is 0 Å². The van der Waals surface area contributed by atoms with Crippen molar-refractivity contribution in [2.24, 2.45) is 0 Å². The van der Waals surface area contributed by atoms with Gasteiger partial charge in [0.15, 0.2) is 6.79 Å². The minimum Gasteiger partial charge on any atom is -0.438 e. The third kappa shape index (κ3) is 9.14. The molecule has 0 aliphatic rings. The highest BCUT2D eigenvalue weighted by atomic mass is 16.8. The Balaban J connectivity index is 2.95. The zero-order valence-corrected chi connectivity index (χ0v) is 8.38. The maximum absolute atomic E-state index is 10.4. The Morgan fingerprint density at radius 1 is 1.23 bits per heavy atom. The Morgan fingerprint density at radius 3 is 2.62 bits per heavy atom. The molecule has 0 spiro atoms. The lowest BCUT2D eigenvalue weighted by Crippen LogP contribution is -2.08. The molecule has 0 fully saturated rings. The first-order valence-electron chi connectivity index (χ1n) is 4.59. The second-order valence-electron chi connectivity index (χ2n) is 2.69. The summed E-state index contributed by atoms with van der Waals surface area (Å²) in [6.45, 7) is 2.77. The first kappa shape index (κ1) is 12.2. The van der Waals surface area contributed by atoms with Gasteiger partial charge in [-0.1, -0.05) is 26.2 Å². The molecule has 0 aromatic heterocycles. The number of carbonyl (C=O) groups is 1. The van der Waals surface area contributed by atoms with E-state index in [2.05, 4.69) is 16.4 Å². The molecule has 0 rings (SSSR count). The zero-order valence-electron chi connectivity index (χ0n) is 8.38. The van der Waals surface area contributed by atoms with Crippen molar-refractivity contribution in [3.63, 3.8) is 0 Å². The third-order valence-electron chi connectivity index (χ3n) is 1.57. The molecule has 0 heterocycles. The van der Waals surface area contributed by atoms with Crippen LogP contribution in [0.3, 0.4) is 0 Å². The van der Waals surface area contributed by atoms with Crippen LogP contribution in [0.5, 0.6) is 0 Å². The molecule has 0 unspecified atom stereocenters. The minimum atomic E-state index is -0.700. The minimum absolute atomic E-state index is 0.0151. The van der Waals surface area contributed by atoms with Crippen LogP contribution in [-0.2, 0) is 14.2 Å². The van der Waals surface area contributed by atoms with Crippen LogP contribution < -0.4 is 0 Å². The third-order valence-corrected chi connectivity index (χ3v) is 1.57. The summed E-state index contributed by atoms with van der Waals surface area (Å²) in [5, 5.41) is 0. The van der Waals surface area contributed by atoms with Gasteiger partial charge in [-0.2, -0.15) is 0 Å². The molecular weight excluding hydrogens is 172 g/mol. The van der Waals surface area contributed by atoms with Gasteiger partial charge in [0.25, 0.3) is 0 Å². The Hall–Kier alpha value is -0.770. The van der Waals surface area contributed by atoms with Crippen LogP contribution in [0.2, 0.25) is 0 Å². The maximum Gasteiger partial charge on any atom is 0.510 e. The van der Waals surface area contributed by atoms with Gasteiger partial charge in [0, 0.05) is 0 Å². The van der Waals surface area contributed by atoms with E-state index < -0.39 is 6.16 Å². The zero-order chi connectivity index (χ0) is 9.94. The van der Waals surface area contributed by atoms with Gasteiger partial charge in [-0.25, -0.2) is 4.79 Å². The fourth-order valence-electron chi connectivity index (χ4n) is 0.839. The smallest absolute Gasteiger partial charge is 0.438 e. The predicted octanol–water partition coefficient (Wildman–Crippen LogP) is 2.32. The van der Waals surface area contributed by atoms with Gasteiger partial charge in [0.2, 0.25) is 0 Å². The van der Waals surface area contributed by atoms with Crippen LogP contribution in [0, 0.1) is 0 Å². The molecule has 0 radical (unpaired) electrons. The summed E-state index contributed by atoms with van der Waals surface area (Å²) < 4.78 is 13.8. The lowest BCUT2D eigenvalue weighted by Gasteiger charge is -2.03. The van der Waals surface area contributed by atoms with E-state index in [1.807, 2.05) is 0 Å². The highest BCUT2D eigenvalue weighted by Crippen LogP contribution is 1.98. The maximum atomic E-state index is 10.4. The van der Waals surface area contributed by atoms with Crippen molar-refractivity contribution >= 4 is 6.16 Å². The van der Waals surface area contributed by atoms with Crippen LogP contribution >= 0.6 is 0 Å². The Bertz CT molecular complexity index is 125. The van der Waals surface area contributed by atoms with Gasteiger partial charge < -0.3 is 14.2 Å². The summed E-state index contributed by atoms with van der Waals surface area (Å²) in [6.07, 6.45) is 3.90. The van der Waals surface area contributed by atoms with Gasteiger partial charge in [0.1, 0.15) is 0 Å². The fourth-order valence-corrected chi connectivity index (χ4v) is 0.839. The largest absolute Gasteiger partial charge is 0.510 e. The molecule has 4 heteroatoms. The quantitative estimate of drug-likeness (QED) is 0.351. The highest BCUT2D eigenvalue weighted by molar-refractivity contribution is 5.59. The molecular formula is C9H18O4. The van der Waals surface area contributed by atoms with Gasteiger partial charge in [-0.15, -0.1) is 0 Å². The van der Waals surface area contributed by atoms with E-state index in [0.717, 1.165) is 12.8 Å². The number of carbonyl (C=O) groups excluding carboxylic acids is 1. The van der Waals surface area contributed by atoms with E-state index in [1.165, 1.54) is 20.0 Å². The molecule has 0 saturated carbocycles. The molecule has 4 nitrogen and oxygen atoms in total. The first-order valence-corrected chi connectivity index (χ1v) is 4.59. The topological polar surface area (TPSA) is 44.8 Å².